The summed E-state index contributed by atoms with van der Waals surface area (Å²) in [6.07, 6.45) is 4.10. The van der Waals surface area contributed by atoms with Crippen molar-refractivity contribution >= 4 is 5.69 Å². The molecular weight excluding hydrogens is 236 g/mol. The number of nitrogens with two attached hydrogens (primary N) is 1. The van der Waals surface area contributed by atoms with E-state index < -0.39 is 0 Å². The van der Waals surface area contributed by atoms with E-state index in [2.05, 4.69) is 29.1 Å². The Balaban J connectivity index is 1.87. The molecule has 1 aromatic heterocycles. The molecular formula is C15H20N4. The van der Waals surface area contributed by atoms with E-state index in [0.29, 0.717) is 6.04 Å². The molecule has 3 rings (SSSR count). The molecule has 0 amide bonds. The van der Waals surface area contributed by atoms with Crippen molar-refractivity contribution in [1.82, 2.24) is 9.78 Å². The lowest BCUT2D eigenvalue weighted by molar-refractivity contribution is 0.501. The molecule has 4 nitrogen and oxygen atoms in total. The first-order valence-electron chi connectivity index (χ1n) is 6.86. The average Bonchev–Trinajstić information content (AvgIpc) is 2.83. The smallest absolute Gasteiger partial charge is 0.0787 e. The SMILES string of the molecule is Cc1c(N2CCC(N)CC2)cnn1-c1ccccc1. The highest BCUT2D eigenvalue weighted by molar-refractivity contribution is 5.52. The van der Waals surface area contributed by atoms with Crippen LogP contribution in [0, 0.1) is 6.92 Å². The third-order valence-corrected chi connectivity index (χ3v) is 3.86. The van der Waals surface area contributed by atoms with Gasteiger partial charge in [0.25, 0.3) is 0 Å². The Labute approximate surface area is 113 Å². The molecule has 1 saturated heterocycles. The van der Waals surface area contributed by atoms with E-state index >= 15 is 0 Å². The van der Waals surface area contributed by atoms with Crippen LogP contribution >= 0.6 is 0 Å². The zero-order valence-electron chi connectivity index (χ0n) is 11.3. The number of rotatable bonds is 2. The molecule has 1 fully saturated rings. The van der Waals surface area contributed by atoms with Gasteiger partial charge in [-0.1, -0.05) is 18.2 Å². The zero-order valence-corrected chi connectivity index (χ0v) is 11.3. The molecule has 1 aromatic carbocycles. The summed E-state index contributed by atoms with van der Waals surface area (Å²) in [6.45, 7) is 4.19. The molecule has 19 heavy (non-hydrogen) atoms. The van der Waals surface area contributed by atoms with Crippen molar-refractivity contribution in [3.05, 3.63) is 42.2 Å². The van der Waals surface area contributed by atoms with Crippen LogP contribution < -0.4 is 10.6 Å². The molecule has 0 spiro atoms. The van der Waals surface area contributed by atoms with Gasteiger partial charge in [-0.05, 0) is 31.9 Å². The van der Waals surface area contributed by atoms with Crippen LogP contribution in [0.3, 0.4) is 0 Å². The maximum atomic E-state index is 5.96. The minimum atomic E-state index is 0.362. The van der Waals surface area contributed by atoms with Gasteiger partial charge in [-0.2, -0.15) is 5.10 Å². The zero-order chi connectivity index (χ0) is 13.2. The van der Waals surface area contributed by atoms with E-state index in [9.17, 15) is 0 Å². The normalized spacial score (nSPS) is 16.8. The van der Waals surface area contributed by atoms with Crippen LogP contribution in [0.4, 0.5) is 5.69 Å². The van der Waals surface area contributed by atoms with Gasteiger partial charge in [0, 0.05) is 19.1 Å². The number of benzene rings is 1. The molecule has 0 saturated carbocycles. The van der Waals surface area contributed by atoms with Gasteiger partial charge in [0.05, 0.1) is 23.3 Å². The van der Waals surface area contributed by atoms with Crippen molar-refractivity contribution in [1.29, 1.82) is 0 Å². The number of para-hydroxylation sites is 1. The van der Waals surface area contributed by atoms with Crippen LogP contribution in [0.5, 0.6) is 0 Å². The molecule has 1 aliphatic heterocycles. The summed E-state index contributed by atoms with van der Waals surface area (Å²) in [5.41, 5.74) is 9.50. The summed E-state index contributed by atoms with van der Waals surface area (Å²) in [5, 5.41) is 4.52. The minimum absolute atomic E-state index is 0.362. The first kappa shape index (κ1) is 12.2. The predicted molar refractivity (Wildman–Crippen MR) is 77.7 cm³/mol. The van der Waals surface area contributed by atoms with Crippen LogP contribution in [-0.2, 0) is 0 Å². The number of hydrogen-bond donors (Lipinski definition) is 1. The second-order valence-corrected chi connectivity index (χ2v) is 5.19. The third-order valence-electron chi connectivity index (χ3n) is 3.86. The standard InChI is InChI=1S/C15H20N4/c1-12-15(18-9-7-13(16)8-10-18)11-17-19(12)14-5-3-2-4-6-14/h2-6,11,13H,7-10,16H2,1H3. The lowest BCUT2D eigenvalue weighted by atomic mass is 10.1. The second-order valence-electron chi connectivity index (χ2n) is 5.19. The van der Waals surface area contributed by atoms with Gasteiger partial charge < -0.3 is 10.6 Å². The Morgan fingerprint density at radius 1 is 1.16 bits per heavy atom. The van der Waals surface area contributed by atoms with Crippen LogP contribution in [-0.4, -0.2) is 28.9 Å². The van der Waals surface area contributed by atoms with Gasteiger partial charge >= 0.3 is 0 Å². The van der Waals surface area contributed by atoms with E-state index in [1.54, 1.807) is 0 Å². The van der Waals surface area contributed by atoms with Crippen molar-refractivity contribution in [3.8, 4) is 5.69 Å². The van der Waals surface area contributed by atoms with E-state index in [1.165, 1.54) is 11.4 Å². The van der Waals surface area contributed by atoms with Crippen molar-refractivity contribution in [2.45, 2.75) is 25.8 Å². The van der Waals surface area contributed by atoms with Gasteiger partial charge in [-0.25, -0.2) is 4.68 Å². The van der Waals surface area contributed by atoms with Crippen molar-refractivity contribution in [2.75, 3.05) is 18.0 Å². The summed E-state index contributed by atoms with van der Waals surface area (Å²) in [5.74, 6) is 0. The molecule has 0 aliphatic carbocycles. The Morgan fingerprint density at radius 2 is 1.84 bits per heavy atom. The monoisotopic (exact) mass is 256 g/mol. The Kier molecular flexibility index (Phi) is 3.25. The first-order chi connectivity index (χ1) is 9.25. The molecule has 2 N–H and O–H groups in total. The molecule has 4 heteroatoms. The third kappa shape index (κ3) is 2.36. The summed E-state index contributed by atoms with van der Waals surface area (Å²) >= 11 is 0. The summed E-state index contributed by atoms with van der Waals surface area (Å²) in [6, 6.07) is 10.6. The molecule has 0 atom stereocenters. The predicted octanol–water partition coefficient (Wildman–Crippen LogP) is 2.11. The fraction of sp³-hybridized carbons (Fsp3) is 0.400. The average molecular weight is 256 g/mol. The highest BCUT2D eigenvalue weighted by Gasteiger charge is 2.20. The maximum absolute atomic E-state index is 5.96. The quantitative estimate of drug-likeness (QED) is 0.895. The topological polar surface area (TPSA) is 47.1 Å². The summed E-state index contributed by atoms with van der Waals surface area (Å²) in [7, 11) is 0. The first-order valence-corrected chi connectivity index (χ1v) is 6.86. The molecule has 2 aromatic rings. The Morgan fingerprint density at radius 3 is 2.53 bits per heavy atom. The Bertz CT molecular complexity index is 539. The van der Waals surface area contributed by atoms with Gasteiger partial charge in [0.2, 0.25) is 0 Å². The van der Waals surface area contributed by atoms with Crippen LogP contribution in [0.2, 0.25) is 0 Å². The Hall–Kier alpha value is -1.81. The lowest BCUT2D eigenvalue weighted by Gasteiger charge is -2.31. The highest BCUT2D eigenvalue weighted by Crippen LogP contribution is 2.25. The van der Waals surface area contributed by atoms with Gasteiger partial charge in [0.15, 0.2) is 0 Å². The van der Waals surface area contributed by atoms with E-state index in [1.807, 2.05) is 29.1 Å². The number of piperidine rings is 1. The van der Waals surface area contributed by atoms with Gasteiger partial charge in [0.1, 0.15) is 0 Å². The number of nitrogens with zero attached hydrogens (tertiary/aromatic N) is 3. The number of hydrogen-bond acceptors (Lipinski definition) is 3. The van der Waals surface area contributed by atoms with E-state index in [-0.39, 0.29) is 0 Å². The van der Waals surface area contributed by atoms with Crippen molar-refractivity contribution in [2.24, 2.45) is 5.73 Å². The van der Waals surface area contributed by atoms with Crippen LogP contribution in [0.1, 0.15) is 18.5 Å². The van der Waals surface area contributed by atoms with Crippen LogP contribution in [0.25, 0.3) is 5.69 Å². The fourth-order valence-electron chi connectivity index (χ4n) is 2.68. The lowest BCUT2D eigenvalue weighted by Crippen LogP contribution is -2.39. The molecule has 0 unspecified atom stereocenters. The summed E-state index contributed by atoms with van der Waals surface area (Å²) < 4.78 is 2.00. The number of aromatic nitrogens is 2. The number of anilines is 1. The van der Waals surface area contributed by atoms with Crippen molar-refractivity contribution in [3.63, 3.8) is 0 Å². The van der Waals surface area contributed by atoms with Gasteiger partial charge in [-0.15, -0.1) is 0 Å². The fourth-order valence-corrected chi connectivity index (χ4v) is 2.68. The van der Waals surface area contributed by atoms with Crippen LogP contribution in [0.15, 0.2) is 36.5 Å². The maximum Gasteiger partial charge on any atom is 0.0787 e. The molecule has 0 bridgehead atoms. The minimum Gasteiger partial charge on any atom is -0.369 e. The second kappa shape index (κ2) is 5.05. The largest absolute Gasteiger partial charge is 0.369 e. The molecule has 100 valence electrons. The highest BCUT2D eigenvalue weighted by atomic mass is 15.3. The molecule has 0 radical (unpaired) electrons. The van der Waals surface area contributed by atoms with Gasteiger partial charge in [-0.3, -0.25) is 0 Å². The van der Waals surface area contributed by atoms with Crippen molar-refractivity contribution < 1.29 is 0 Å². The molecule has 2 heterocycles. The molecule has 1 aliphatic rings. The van der Waals surface area contributed by atoms with E-state index in [4.69, 9.17) is 5.73 Å². The summed E-state index contributed by atoms with van der Waals surface area (Å²) in [4.78, 5) is 2.39. The van der Waals surface area contributed by atoms with E-state index in [0.717, 1.165) is 31.6 Å².